The summed E-state index contributed by atoms with van der Waals surface area (Å²) in [5.74, 6) is -1.23. The molecule has 0 aromatic carbocycles. The van der Waals surface area contributed by atoms with Crippen LogP contribution in [0.2, 0.25) is 0 Å². The number of carbonyl (C=O) groups is 2. The van der Waals surface area contributed by atoms with Gasteiger partial charge in [-0.15, -0.1) is 0 Å². The lowest BCUT2D eigenvalue weighted by Crippen LogP contribution is -2.54. The van der Waals surface area contributed by atoms with Crippen molar-refractivity contribution in [3.8, 4) is 0 Å². The lowest BCUT2D eigenvalue weighted by molar-refractivity contribution is -0.140. The van der Waals surface area contributed by atoms with E-state index in [1.54, 1.807) is 0 Å². The molecule has 0 saturated heterocycles. The fourth-order valence-electron chi connectivity index (χ4n) is 1.39. The topological polar surface area (TPSA) is 102 Å². The zero-order chi connectivity index (χ0) is 13.5. The van der Waals surface area contributed by atoms with Crippen molar-refractivity contribution < 1.29 is 19.4 Å². The molecule has 100 valence electrons. The third-order valence-corrected chi connectivity index (χ3v) is 2.94. The summed E-state index contributed by atoms with van der Waals surface area (Å²) >= 11 is 0. The molecule has 0 radical (unpaired) electrons. The Hall–Kier alpha value is -1.14. The Balaban J connectivity index is 4.25. The summed E-state index contributed by atoms with van der Waals surface area (Å²) in [5.41, 5.74) is 5.01. The van der Waals surface area contributed by atoms with Crippen molar-refractivity contribution in [2.45, 2.75) is 44.8 Å². The van der Waals surface area contributed by atoms with Gasteiger partial charge >= 0.3 is 5.97 Å². The minimum absolute atomic E-state index is 0.146. The summed E-state index contributed by atoms with van der Waals surface area (Å²) in [6, 6.07) is 0. The normalized spacial score (nSPS) is 13.2. The third kappa shape index (κ3) is 5.14. The van der Waals surface area contributed by atoms with E-state index in [-0.39, 0.29) is 18.9 Å². The molecule has 1 amide bonds. The fourth-order valence-corrected chi connectivity index (χ4v) is 1.39. The predicted molar refractivity (Wildman–Crippen MR) is 63.6 cm³/mol. The van der Waals surface area contributed by atoms with Crippen LogP contribution in [-0.2, 0) is 14.3 Å². The van der Waals surface area contributed by atoms with Crippen molar-refractivity contribution in [1.29, 1.82) is 0 Å². The standard InChI is InChI=1S/C11H22N2O4/c1-4-11(12,5-2)10(16)13-7-8(17-3)6-9(14)15/h8H,4-7,12H2,1-3H3,(H,13,16)(H,14,15). The fraction of sp³-hybridized carbons (Fsp3) is 0.818. The van der Waals surface area contributed by atoms with Gasteiger partial charge in [0.25, 0.3) is 0 Å². The average molecular weight is 246 g/mol. The van der Waals surface area contributed by atoms with Crippen LogP contribution in [0.3, 0.4) is 0 Å². The molecule has 0 aliphatic carbocycles. The molecule has 0 aromatic heterocycles. The van der Waals surface area contributed by atoms with Crippen LogP contribution < -0.4 is 11.1 Å². The maximum atomic E-state index is 11.8. The van der Waals surface area contributed by atoms with Crippen LogP contribution in [0.1, 0.15) is 33.1 Å². The van der Waals surface area contributed by atoms with Crippen molar-refractivity contribution in [3.63, 3.8) is 0 Å². The number of ether oxygens (including phenoxy) is 1. The van der Waals surface area contributed by atoms with E-state index in [9.17, 15) is 9.59 Å². The molecule has 1 unspecified atom stereocenters. The van der Waals surface area contributed by atoms with E-state index < -0.39 is 17.6 Å². The van der Waals surface area contributed by atoms with Gasteiger partial charge in [-0.05, 0) is 12.8 Å². The maximum Gasteiger partial charge on any atom is 0.306 e. The molecular weight excluding hydrogens is 224 g/mol. The van der Waals surface area contributed by atoms with Crippen molar-refractivity contribution in [2.24, 2.45) is 5.73 Å². The SMILES string of the molecule is CCC(N)(CC)C(=O)NCC(CC(=O)O)OC. The number of rotatable bonds is 8. The lowest BCUT2D eigenvalue weighted by atomic mass is 9.93. The van der Waals surface area contributed by atoms with E-state index in [4.69, 9.17) is 15.6 Å². The molecule has 0 aliphatic heterocycles. The van der Waals surface area contributed by atoms with E-state index in [0.717, 1.165) is 0 Å². The number of hydrogen-bond acceptors (Lipinski definition) is 4. The third-order valence-electron chi connectivity index (χ3n) is 2.94. The van der Waals surface area contributed by atoms with Crippen LogP contribution in [0.15, 0.2) is 0 Å². The quantitative estimate of drug-likeness (QED) is 0.564. The summed E-state index contributed by atoms with van der Waals surface area (Å²) in [7, 11) is 1.41. The summed E-state index contributed by atoms with van der Waals surface area (Å²) in [6.07, 6.45) is 0.388. The van der Waals surface area contributed by atoms with Crippen LogP contribution in [0, 0.1) is 0 Å². The van der Waals surface area contributed by atoms with E-state index in [0.29, 0.717) is 12.8 Å². The number of carbonyl (C=O) groups excluding carboxylic acids is 1. The smallest absolute Gasteiger partial charge is 0.306 e. The molecular formula is C11H22N2O4. The van der Waals surface area contributed by atoms with E-state index >= 15 is 0 Å². The number of nitrogens with one attached hydrogen (secondary N) is 1. The van der Waals surface area contributed by atoms with Crippen LogP contribution in [0.25, 0.3) is 0 Å². The van der Waals surface area contributed by atoms with Gasteiger partial charge in [-0.2, -0.15) is 0 Å². The van der Waals surface area contributed by atoms with Crippen LogP contribution in [-0.4, -0.2) is 42.3 Å². The zero-order valence-electron chi connectivity index (χ0n) is 10.7. The Morgan fingerprint density at radius 1 is 1.41 bits per heavy atom. The first-order chi connectivity index (χ1) is 7.89. The predicted octanol–water partition coefficient (Wildman–Crippen LogP) is 0.110. The minimum atomic E-state index is -0.962. The van der Waals surface area contributed by atoms with Crippen molar-refractivity contribution in [3.05, 3.63) is 0 Å². The number of hydrogen-bond donors (Lipinski definition) is 3. The molecule has 0 aliphatic rings. The molecule has 0 rings (SSSR count). The summed E-state index contributed by atoms with van der Waals surface area (Å²) < 4.78 is 4.96. The molecule has 6 nitrogen and oxygen atoms in total. The molecule has 0 heterocycles. The van der Waals surface area contributed by atoms with Gasteiger partial charge in [0, 0.05) is 13.7 Å². The van der Waals surface area contributed by atoms with Gasteiger partial charge in [0.2, 0.25) is 5.91 Å². The van der Waals surface area contributed by atoms with Crippen LogP contribution in [0.4, 0.5) is 0 Å². The second-order valence-corrected chi connectivity index (χ2v) is 4.03. The molecule has 0 bridgehead atoms. The number of aliphatic carboxylic acids is 1. The van der Waals surface area contributed by atoms with Gasteiger partial charge in [0.05, 0.1) is 18.1 Å². The average Bonchev–Trinajstić information content (AvgIpc) is 2.32. The number of nitrogens with two attached hydrogens (primary N) is 1. The minimum Gasteiger partial charge on any atom is -0.481 e. The van der Waals surface area contributed by atoms with E-state index in [1.165, 1.54) is 7.11 Å². The number of carboxylic acid groups (broad SMARTS) is 1. The highest BCUT2D eigenvalue weighted by atomic mass is 16.5. The second-order valence-electron chi connectivity index (χ2n) is 4.03. The molecule has 0 saturated carbocycles. The Kier molecular flexibility index (Phi) is 6.75. The van der Waals surface area contributed by atoms with Crippen molar-refractivity contribution >= 4 is 11.9 Å². The highest BCUT2D eigenvalue weighted by Gasteiger charge is 2.30. The summed E-state index contributed by atoms with van der Waals surface area (Å²) in [6.45, 7) is 3.84. The monoisotopic (exact) mass is 246 g/mol. The van der Waals surface area contributed by atoms with Gasteiger partial charge in [-0.1, -0.05) is 13.8 Å². The highest BCUT2D eigenvalue weighted by Crippen LogP contribution is 2.11. The van der Waals surface area contributed by atoms with Crippen molar-refractivity contribution in [1.82, 2.24) is 5.32 Å². The first kappa shape index (κ1) is 15.9. The van der Waals surface area contributed by atoms with Crippen LogP contribution in [0.5, 0.6) is 0 Å². The molecule has 0 fully saturated rings. The molecule has 1 atom stereocenters. The molecule has 0 aromatic rings. The second kappa shape index (κ2) is 7.24. The van der Waals surface area contributed by atoms with Gasteiger partial charge in [-0.3, -0.25) is 9.59 Å². The zero-order valence-corrected chi connectivity index (χ0v) is 10.7. The van der Waals surface area contributed by atoms with Gasteiger partial charge < -0.3 is 20.9 Å². The van der Waals surface area contributed by atoms with Gasteiger partial charge in [-0.25, -0.2) is 0 Å². The van der Waals surface area contributed by atoms with E-state index in [2.05, 4.69) is 5.32 Å². The first-order valence-corrected chi connectivity index (χ1v) is 5.71. The largest absolute Gasteiger partial charge is 0.481 e. The molecule has 6 heteroatoms. The molecule has 17 heavy (non-hydrogen) atoms. The lowest BCUT2D eigenvalue weighted by Gasteiger charge is -2.26. The van der Waals surface area contributed by atoms with E-state index in [1.807, 2.05) is 13.8 Å². The molecule has 4 N–H and O–H groups in total. The molecule has 0 spiro atoms. The first-order valence-electron chi connectivity index (χ1n) is 5.71. The Bertz CT molecular complexity index is 264. The number of carboxylic acids is 1. The number of methoxy groups -OCH3 is 1. The number of amides is 1. The Labute approximate surface area is 102 Å². The Morgan fingerprint density at radius 3 is 2.29 bits per heavy atom. The van der Waals surface area contributed by atoms with Crippen molar-refractivity contribution in [2.75, 3.05) is 13.7 Å². The summed E-state index contributed by atoms with van der Waals surface area (Å²) in [4.78, 5) is 22.3. The Morgan fingerprint density at radius 2 is 1.94 bits per heavy atom. The summed E-state index contributed by atoms with van der Waals surface area (Å²) in [5, 5.41) is 11.2. The van der Waals surface area contributed by atoms with Gasteiger partial charge in [0.15, 0.2) is 0 Å². The maximum absolute atomic E-state index is 11.8. The van der Waals surface area contributed by atoms with Gasteiger partial charge in [0.1, 0.15) is 0 Å². The van der Waals surface area contributed by atoms with Crippen LogP contribution >= 0.6 is 0 Å². The highest BCUT2D eigenvalue weighted by molar-refractivity contribution is 5.85.